The number of hydrogen-bond acceptors (Lipinski definition) is 4. The molecule has 0 atom stereocenters. The first-order chi connectivity index (χ1) is 13.0. The second kappa shape index (κ2) is 8.77. The highest BCUT2D eigenvalue weighted by Gasteiger charge is 2.23. The molecule has 0 spiro atoms. The maximum absolute atomic E-state index is 12.9. The Morgan fingerprint density at radius 2 is 1.74 bits per heavy atom. The minimum atomic E-state index is 0.0369. The summed E-state index contributed by atoms with van der Waals surface area (Å²) in [6, 6.07) is 11.7. The number of rotatable bonds is 5. The highest BCUT2D eigenvalue weighted by atomic mass is 16.2. The Labute approximate surface area is 160 Å². The fourth-order valence-corrected chi connectivity index (χ4v) is 3.24. The number of nitrogens with zero attached hydrogens (tertiary/aromatic N) is 3. The molecule has 2 aromatic rings. The summed E-state index contributed by atoms with van der Waals surface area (Å²) in [5.41, 5.74) is 2.74. The quantitative estimate of drug-likeness (QED) is 0.879. The van der Waals surface area contributed by atoms with Crippen molar-refractivity contribution < 1.29 is 9.59 Å². The largest absolute Gasteiger partial charge is 0.353 e. The van der Waals surface area contributed by atoms with Crippen LogP contribution in [0.15, 0.2) is 48.8 Å². The summed E-state index contributed by atoms with van der Waals surface area (Å²) in [6.45, 7) is 6.98. The second-order valence-corrected chi connectivity index (χ2v) is 7.11. The van der Waals surface area contributed by atoms with E-state index in [-0.39, 0.29) is 17.9 Å². The summed E-state index contributed by atoms with van der Waals surface area (Å²) in [7, 11) is 0. The number of amides is 2. The van der Waals surface area contributed by atoms with Gasteiger partial charge in [0.25, 0.3) is 5.91 Å². The van der Waals surface area contributed by atoms with E-state index in [1.165, 1.54) is 0 Å². The van der Waals surface area contributed by atoms with E-state index < -0.39 is 0 Å². The van der Waals surface area contributed by atoms with Crippen LogP contribution in [0.3, 0.4) is 0 Å². The van der Waals surface area contributed by atoms with E-state index in [1.807, 2.05) is 55.1 Å². The van der Waals surface area contributed by atoms with Crippen LogP contribution in [-0.2, 0) is 4.79 Å². The summed E-state index contributed by atoms with van der Waals surface area (Å²) >= 11 is 0. The average molecular weight is 366 g/mol. The van der Waals surface area contributed by atoms with Crippen LogP contribution in [0.25, 0.3) is 11.1 Å². The molecule has 27 heavy (non-hydrogen) atoms. The van der Waals surface area contributed by atoms with Crippen molar-refractivity contribution in [2.24, 2.45) is 0 Å². The minimum Gasteiger partial charge on any atom is -0.353 e. The minimum absolute atomic E-state index is 0.0369. The average Bonchev–Trinajstić information content (AvgIpc) is 2.68. The van der Waals surface area contributed by atoms with Crippen molar-refractivity contribution in [1.29, 1.82) is 0 Å². The standard InChI is InChI=1S/C21H26N4O2/c1-16(2)23-20(26)15-24-10-12-25(13-11-24)21(27)19-5-3-4-18(14-19)17-6-8-22-9-7-17/h3-9,14,16H,10-13,15H2,1-2H3,(H,23,26). The predicted octanol–water partition coefficient (Wildman–Crippen LogP) is 2.03. The Bertz CT molecular complexity index is 784. The molecule has 1 aliphatic heterocycles. The summed E-state index contributed by atoms with van der Waals surface area (Å²) in [5, 5.41) is 2.91. The summed E-state index contributed by atoms with van der Waals surface area (Å²) < 4.78 is 0. The lowest BCUT2D eigenvalue weighted by Crippen LogP contribution is -2.51. The first-order valence-corrected chi connectivity index (χ1v) is 9.34. The van der Waals surface area contributed by atoms with Gasteiger partial charge in [0.1, 0.15) is 0 Å². The van der Waals surface area contributed by atoms with Crippen molar-refractivity contribution in [1.82, 2.24) is 20.1 Å². The normalized spacial score (nSPS) is 15.0. The molecule has 0 aliphatic carbocycles. The summed E-state index contributed by atoms with van der Waals surface area (Å²) in [4.78, 5) is 32.8. The van der Waals surface area contributed by atoms with Gasteiger partial charge in [-0.25, -0.2) is 0 Å². The highest BCUT2D eigenvalue weighted by Crippen LogP contribution is 2.20. The van der Waals surface area contributed by atoms with Crippen LogP contribution in [0.1, 0.15) is 24.2 Å². The van der Waals surface area contributed by atoms with E-state index in [4.69, 9.17) is 0 Å². The van der Waals surface area contributed by atoms with Crippen molar-refractivity contribution in [2.45, 2.75) is 19.9 Å². The number of carbonyl (C=O) groups is 2. The van der Waals surface area contributed by atoms with Gasteiger partial charge in [0.05, 0.1) is 6.54 Å². The summed E-state index contributed by atoms with van der Waals surface area (Å²) in [5.74, 6) is 0.0759. The molecule has 3 rings (SSSR count). The van der Waals surface area contributed by atoms with Crippen molar-refractivity contribution in [2.75, 3.05) is 32.7 Å². The molecule has 0 bridgehead atoms. The van der Waals surface area contributed by atoms with Gasteiger partial charge in [-0.1, -0.05) is 12.1 Å². The topological polar surface area (TPSA) is 65.5 Å². The van der Waals surface area contributed by atoms with Crippen LogP contribution >= 0.6 is 0 Å². The third-order valence-corrected chi connectivity index (χ3v) is 4.60. The van der Waals surface area contributed by atoms with Crippen LogP contribution in [-0.4, -0.2) is 65.4 Å². The number of nitrogens with one attached hydrogen (secondary N) is 1. The van der Waals surface area contributed by atoms with Crippen LogP contribution in [0.2, 0.25) is 0 Å². The zero-order valence-electron chi connectivity index (χ0n) is 15.9. The number of carbonyl (C=O) groups excluding carboxylic acids is 2. The fourth-order valence-electron chi connectivity index (χ4n) is 3.24. The molecular formula is C21H26N4O2. The number of aromatic nitrogens is 1. The second-order valence-electron chi connectivity index (χ2n) is 7.11. The lowest BCUT2D eigenvalue weighted by Gasteiger charge is -2.34. The Kier molecular flexibility index (Phi) is 6.19. The zero-order chi connectivity index (χ0) is 19.2. The molecule has 1 N–H and O–H groups in total. The molecule has 142 valence electrons. The van der Waals surface area contributed by atoms with Gasteiger partial charge in [0.15, 0.2) is 0 Å². The van der Waals surface area contributed by atoms with Crippen LogP contribution < -0.4 is 5.32 Å². The third kappa shape index (κ3) is 5.14. The van der Waals surface area contributed by atoms with Crippen molar-refractivity contribution in [3.63, 3.8) is 0 Å². The summed E-state index contributed by atoms with van der Waals surface area (Å²) in [6.07, 6.45) is 3.50. The molecule has 0 radical (unpaired) electrons. The zero-order valence-corrected chi connectivity index (χ0v) is 15.9. The molecule has 6 heteroatoms. The van der Waals surface area contributed by atoms with Gasteiger partial charge in [0.2, 0.25) is 5.91 Å². The van der Waals surface area contributed by atoms with E-state index in [0.29, 0.717) is 38.3 Å². The van der Waals surface area contributed by atoms with Gasteiger partial charge in [-0.3, -0.25) is 19.5 Å². The predicted molar refractivity (Wildman–Crippen MR) is 105 cm³/mol. The number of piperazine rings is 1. The van der Waals surface area contributed by atoms with Crippen molar-refractivity contribution in [3.8, 4) is 11.1 Å². The third-order valence-electron chi connectivity index (χ3n) is 4.60. The molecule has 0 saturated carbocycles. The maximum Gasteiger partial charge on any atom is 0.253 e. The van der Waals surface area contributed by atoms with Gasteiger partial charge in [0, 0.05) is 50.2 Å². The smallest absolute Gasteiger partial charge is 0.253 e. The highest BCUT2D eigenvalue weighted by molar-refractivity contribution is 5.95. The van der Waals surface area contributed by atoms with Gasteiger partial charge in [-0.2, -0.15) is 0 Å². The molecule has 6 nitrogen and oxygen atoms in total. The molecule has 1 saturated heterocycles. The molecule has 2 heterocycles. The maximum atomic E-state index is 12.9. The Hall–Kier alpha value is -2.73. The van der Waals surface area contributed by atoms with E-state index in [2.05, 4.69) is 15.2 Å². The van der Waals surface area contributed by atoms with Crippen molar-refractivity contribution in [3.05, 3.63) is 54.4 Å². The van der Waals surface area contributed by atoms with Gasteiger partial charge >= 0.3 is 0 Å². The Balaban J connectivity index is 1.59. The Morgan fingerprint density at radius 1 is 1.04 bits per heavy atom. The molecule has 2 amide bonds. The van der Waals surface area contributed by atoms with Gasteiger partial charge in [-0.15, -0.1) is 0 Å². The molecule has 0 unspecified atom stereocenters. The van der Waals surface area contributed by atoms with E-state index in [9.17, 15) is 9.59 Å². The molecule has 1 fully saturated rings. The molecular weight excluding hydrogens is 340 g/mol. The van der Waals surface area contributed by atoms with Gasteiger partial charge < -0.3 is 10.2 Å². The molecule has 1 aromatic carbocycles. The van der Waals surface area contributed by atoms with Crippen LogP contribution in [0, 0.1) is 0 Å². The van der Waals surface area contributed by atoms with E-state index >= 15 is 0 Å². The monoisotopic (exact) mass is 366 g/mol. The Morgan fingerprint density at radius 3 is 2.41 bits per heavy atom. The first kappa shape index (κ1) is 19.0. The van der Waals surface area contributed by atoms with Gasteiger partial charge in [-0.05, 0) is 49.2 Å². The molecule has 1 aromatic heterocycles. The number of benzene rings is 1. The van der Waals surface area contributed by atoms with Crippen LogP contribution in [0.4, 0.5) is 0 Å². The van der Waals surface area contributed by atoms with E-state index in [1.54, 1.807) is 12.4 Å². The number of hydrogen-bond donors (Lipinski definition) is 1. The fraction of sp³-hybridized carbons (Fsp3) is 0.381. The number of pyridine rings is 1. The SMILES string of the molecule is CC(C)NC(=O)CN1CCN(C(=O)c2cccc(-c3ccncc3)c2)CC1. The lowest BCUT2D eigenvalue weighted by atomic mass is 10.0. The van der Waals surface area contributed by atoms with Crippen molar-refractivity contribution >= 4 is 11.8 Å². The van der Waals surface area contributed by atoms with Crippen LogP contribution in [0.5, 0.6) is 0 Å². The lowest BCUT2D eigenvalue weighted by molar-refractivity contribution is -0.123. The van der Waals surface area contributed by atoms with E-state index in [0.717, 1.165) is 11.1 Å². The first-order valence-electron chi connectivity index (χ1n) is 9.34. The molecule has 1 aliphatic rings.